The smallest absolute Gasteiger partial charge is 0.237 e. The first-order chi connectivity index (χ1) is 12.1. The van der Waals surface area contributed by atoms with Crippen LogP contribution < -0.4 is 5.32 Å². The summed E-state index contributed by atoms with van der Waals surface area (Å²) in [6.45, 7) is 8.84. The lowest BCUT2D eigenvalue weighted by molar-refractivity contribution is -0.132. The Bertz CT molecular complexity index is 601. The van der Waals surface area contributed by atoms with Gasteiger partial charge in [0.25, 0.3) is 0 Å². The zero-order chi connectivity index (χ0) is 17.4. The molecule has 138 valence electrons. The molecule has 2 saturated heterocycles. The fourth-order valence-electron chi connectivity index (χ4n) is 4.85. The number of fused-ring (bicyclic) bond motifs is 1. The quantitative estimate of drug-likeness (QED) is 0.905. The van der Waals surface area contributed by atoms with E-state index in [0.29, 0.717) is 12.0 Å². The van der Waals surface area contributed by atoms with E-state index in [-0.39, 0.29) is 11.9 Å². The second kappa shape index (κ2) is 7.08. The highest BCUT2D eigenvalue weighted by atomic mass is 16.5. The van der Waals surface area contributed by atoms with Crippen molar-refractivity contribution < 1.29 is 9.32 Å². The Hall–Kier alpha value is -1.40. The largest absolute Gasteiger partial charge is 0.361 e. The first-order valence-corrected chi connectivity index (χ1v) is 9.80. The molecule has 3 fully saturated rings. The third-order valence-corrected chi connectivity index (χ3v) is 6.48. The van der Waals surface area contributed by atoms with Crippen molar-refractivity contribution in [1.82, 2.24) is 20.3 Å². The lowest BCUT2D eigenvalue weighted by Crippen LogP contribution is -2.61. The summed E-state index contributed by atoms with van der Waals surface area (Å²) in [4.78, 5) is 17.4. The molecule has 0 radical (unpaired) electrons. The maximum atomic E-state index is 12.6. The Morgan fingerprint density at radius 1 is 1.16 bits per heavy atom. The summed E-state index contributed by atoms with van der Waals surface area (Å²) in [5.74, 6) is 1.88. The lowest BCUT2D eigenvalue weighted by atomic mass is 9.77. The average molecular weight is 346 g/mol. The number of amides is 1. The molecule has 3 aliphatic rings. The van der Waals surface area contributed by atoms with E-state index in [9.17, 15) is 4.79 Å². The zero-order valence-electron chi connectivity index (χ0n) is 15.5. The van der Waals surface area contributed by atoms with Crippen LogP contribution in [0.25, 0.3) is 0 Å². The van der Waals surface area contributed by atoms with E-state index >= 15 is 0 Å². The molecule has 1 N–H and O–H groups in total. The number of rotatable bonds is 3. The number of nitrogens with one attached hydrogen (secondary N) is 1. The molecule has 3 atom stereocenters. The van der Waals surface area contributed by atoms with E-state index in [0.717, 1.165) is 50.6 Å². The number of piperazine rings is 1. The van der Waals surface area contributed by atoms with Crippen LogP contribution in [-0.2, 0) is 11.3 Å². The monoisotopic (exact) mass is 346 g/mol. The van der Waals surface area contributed by atoms with Crippen LogP contribution in [-0.4, -0.2) is 59.1 Å². The molecule has 4 rings (SSSR count). The molecule has 0 spiro atoms. The summed E-state index contributed by atoms with van der Waals surface area (Å²) >= 11 is 0. The van der Waals surface area contributed by atoms with Crippen LogP contribution in [0.5, 0.6) is 0 Å². The number of aromatic nitrogens is 1. The molecule has 1 amide bonds. The normalized spacial score (nSPS) is 31.6. The van der Waals surface area contributed by atoms with Crippen molar-refractivity contribution in [2.24, 2.45) is 5.92 Å². The lowest BCUT2D eigenvalue weighted by Gasteiger charge is -2.45. The number of aryl methyl sites for hydroxylation is 2. The zero-order valence-corrected chi connectivity index (χ0v) is 15.5. The highest BCUT2D eigenvalue weighted by Crippen LogP contribution is 2.33. The maximum absolute atomic E-state index is 12.6. The second-order valence-corrected chi connectivity index (χ2v) is 8.03. The molecule has 1 saturated carbocycles. The van der Waals surface area contributed by atoms with E-state index in [1.165, 1.54) is 31.2 Å². The fraction of sp³-hybridized carbons (Fsp3) is 0.789. The van der Waals surface area contributed by atoms with Crippen molar-refractivity contribution in [2.45, 2.75) is 64.6 Å². The molecule has 0 unspecified atom stereocenters. The number of hydrogen-bond donors (Lipinski definition) is 1. The van der Waals surface area contributed by atoms with Gasteiger partial charge in [0.1, 0.15) is 5.76 Å². The summed E-state index contributed by atoms with van der Waals surface area (Å²) in [5.41, 5.74) is 2.21. The first-order valence-electron chi connectivity index (χ1n) is 9.80. The molecule has 0 aromatic carbocycles. The number of piperidine rings is 1. The third-order valence-electron chi connectivity index (χ3n) is 6.48. The Morgan fingerprint density at radius 2 is 1.92 bits per heavy atom. The van der Waals surface area contributed by atoms with Gasteiger partial charge in [-0.05, 0) is 39.0 Å². The van der Waals surface area contributed by atoms with Gasteiger partial charge in [-0.15, -0.1) is 0 Å². The molecule has 1 aliphatic carbocycles. The minimum Gasteiger partial charge on any atom is -0.361 e. The summed E-state index contributed by atoms with van der Waals surface area (Å²) in [7, 11) is 0. The van der Waals surface area contributed by atoms with Crippen molar-refractivity contribution >= 4 is 5.91 Å². The molecule has 1 aromatic rings. The van der Waals surface area contributed by atoms with Crippen molar-refractivity contribution in [3.63, 3.8) is 0 Å². The molecular formula is C19H30N4O2. The maximum Gasteiger partial charge on any atom is 0.237 e. The molecule has 25 heavy (non-hydrogen) atoms. The van der Waals surface area contributed by atoms with E-state index in [2.05, 4.69) is 20.3 Å². The SMILES string of the molecule is Cc1noc(C)c1CN1CCN([C@@H]2C[C@@H]3CCCC[C@H]3NC2=O)CC1. The first kappa shape index (κ1) is 17.0. The number of hydrogen-bond acceptors (Lipinski definition) is 5. The van der Waals surface area contributed by atoms with Gasteiger partial charge in [0.15, 0.2) is 0 Å². The Labute approximate surface area is 149 Å². The standard InChI is InChI=1S/C19H30N4O2/c1-13-16(14(2)25-21-13)12-22-7-9-23(10-8-22)18-11-15-5-3-4-6-17(15)20-19(18)24/h15,17-18H,3-12H2,1-2H3,(H,20,24)/t15-,17+,18+/m0/s1. The van der Waals surface area contributed by atoms with Gasteiger partial charge in [0.05, 0.1) is 11.7 Å². The van der Waals surface area contributed by atoms with Gasteiger partial charge in [-0.1, -0.05) is 18.0 Å². The molecule has 6 heteroatoms. The minimum atomic E-state index is 0.0839. The van der Waals surface area contributed by atoms with Gasteiger partial charge in [0.2, 0.25) is 5.91 Å². The van der Waals surface area contributed by atoms with Crippen LogP contribution in [0.1, 0.15) is 49.1 Å². The van der Waals surface area contributed by atoms with E-state index in [4.69, 9.17) is 4.52 Å². The number of carbonyl (C=O) groups is 1. The molecule has 1 aromatic heterocycles. The van der Waals surface area contributed by atoms with Crippen LogP contribution >= 0.6 is 0 Å². The van der Waals surface area contributed by atoms with Crippen molar-refractivity contribution in [3.05, 3.63) is 17.0 Å². The Morgan fingerprint density at radius 3 is 2.64 bits per heavy atom. The van der Waals surface area contributed by atoms with Crippen LogP contribution in [0.2, 0.25) is 0 Å². The Balaban J connectivity index is 1.33. The van der Waals surface area contributed by atoms with E-state index in [1.807, 2.05) is 13.8 Å². The molecule has 3 heterocycles. The fourth-order valence-corrected chi connectivity index (χ4v) is 4.85. The predicted octanol–water partition coefficient (Wildman–Crippen LogP) is 1.86. The van der Waals surface area contributed by atoms with E-state index < -0.39 is 0 Å². The molecule has 2 aliphatic heterocycles. The third kappa shape index (κ3) is 3.47. The van der Waals surface area contributed by atoms with Crippen LogP contribution in [0.15, 0.2) is 4.52 Å². The van der Waals surface area contributed by atoms with Crippen molar-refractivity contribution in [1.29, 1.82) is 0 Å². The highest BCUT2D eigenvalue weighted by Gasteiger charge is 2.40. The number of nitrogens with zero attached hydrogens (tertiary/aromatic N) is 3. The van der Waals surface area contributed by atoms with E-state index in [1.54, 1.807) is 0 Å². The van der Waals surface area contributed by atoms with Gasteiger partial charge in [-0.25, -0.2) is 0 Å². The summed E-state index contributed by atoms with van der Waals surface area (Å²) < 4.78 is 5.28. The summed E-state index contributed by atoms with van der Waals surface area (Å²) in [5, 5.41) is 7.37. The average Bonchev–Trinajstić information content (AvgIpc) is 2.94. The van der Waals surface area contributed by atoms with Crippen LogP contribution in [0.3, 0.4) is 0 Å². The van der Waals surface area contributed by atoms with Gasteiger partial charge in [0, 0.05) is 44.3 Å². The Kier molecular flexibility index (Phi) is 4.82. The highest BCUT2D eigenvalue weighted by molar-refractivity contribution is 5.83. The number of carbonyl (C=O) groups excluding carboxylic acids is 1. The molecule has 6 nitrogen and oxygen atoms in total. The van der Waals surface area contributed by atoms with Crippen LogP contribution in [0, 0.1) is 19.8 Å². The summed E-state index contributed by atoms with van der Waals surface area (Å²) in [6, 6.07) is 0.527. The van der Waals surface area contributed by atoms with Gasteiger partial charge in [-0.3, -0.25) is 14.6 Å². The van der Waals surface area contributed by atoms with Gasteiger partial charge < -0.3 is 9.84 Å². The minimum absolute atomic E-state index is 0.0839. The predicted molar refractivity (Wildman–Crippen MR) is 95.1 cm³/mol. The topological polar surface area (TPSA) is 61.6 Å². The summed E-state index contributed by atoms with van der Waals surface area (Å²) in [6.07, 6.45) is 6.11. The van der Waals surface area contributed by atoms with Gasteiger partial charge in [-0.2, -0.15) is 0 Å². The van der Waals surface area contributed by atoms with Gasteiger partial charge >= 0.3 is 0 Å². The molecule has 0 bridgehead atoms. The van der Waals surface area contributed by atoms with Crippen molar-refractivity contribution in [3.8, 4) is 0 Å². The second-order valence-electron chi connectivity index (χ2n) is 8.03. The van der Waals surface area contributed by atoms with Crippen molar-refractivity contribution in [2.75, 3.05) is 26.2 Å². The van der Waals surface area contributed by atoms with Crippen LogP contribution in [0.4, 0.5) is 0 Å². The molecular weight excluding hydrogens is 316 g/mol.